The summed E-state index contributed by atoms with van der Waals surface area (Å²) in [6.07, 6.45) is 1.49. The topological polar surface area (TPSA) is 58.8 Å². The van der Waals surface area contributed by atoms with Crippen LogP contribution in [0.4, 0.5) is 0 Å². The molecule has 0 unspecified atom stereocenters. The van der Waals surface area contributed by atoms with Crippen molar-refractivity contribution in [2.24, 2.45) is 0 Å². The minimum atomic E-state index is 0.172. The number of hydrogen-bond donors (Lipinski definition) is 0. The Morgan fingerprint density at radius 3 is 2.88 bits per heavy atom. The zero-order valence-corrected chi connectivity index (χ0v) is 10.6. The molecule has 5 heteroatoms. The molecule has 2 aromatic rings. The minimum absolute atomic E-state index is 0.172. The summed E-state index contributed by atoms with van der Waals surface area (Å²) in [5.74, 6) is 0.640. The molecule has 0 bridgehead atoms. The van der Waals surface area contributed by atoms with Gasteiger partial charge in [0, 0.05) is 10.7 Å². The normalized spacial score (nSPS) is 9.71. The third-order valence-electron chi connectivity index (χ3n) is 2.09. The molecule has 0 aliphatic rings. The first-order valence-electron chi connectivity index (χ1n) is 4.86. The number of nitriles is 1. The van der Waals surface area contributed by atoms with Crippen LogP contribution in [0.1, 0.15) is 11.3 Å². The number of halogens is 1. The second-order valence-electron chi connectivity index (χ2n) is 3.35. The molecular formula is C12H8BrN3O. The Balaban J connectivity index is 2.25. The maximum Gasteiger partial charge on any atom is 0.323 e. The Morgan fingerprint density at radius 2 is 2.18 bits per heavy atom. The van der Waals surface area contributed by atoms with Crippen molar-refractivity contribution in [1.82, 2.24) is 9.97 Å². The van der Waals surface area contributed by atoms with Crippen molar-refractivity contribution in [3.8, 4) is 17.8 Å². The summed E-state index contributed by atoms with van der Waals surface area (Å²) in [7, 11) is 0. The highest BCUT2D eigenvalue weighted by Crippen LogP contribution is 2.24. The van der Waals surface area contributed by atoms with Gasteiger partial charge in [-0.25, -0.2) is 4.98 Å². The lowest BCUT2D eigenvalue weighted by atomic mass is 10.2. The van der Waals surface area contributed by atoms with E-state index in [4.69, 9.17) is 10.00 Å². The van der Waals surface area contributed by atoms with Gasteiger partial charge in [0.25, 0.3) is 0 Å². The van der Waals surface area contributed by atoms with Gasteiger partial charge in [0.15, 0.2) is 0 Å². The molecule has 0 saturated carbocycles. The number of nitrogens with zero attached hydrogens (tertiary/aromatic N) is 3. The molecule has 0 aliphatic carbocycles. The van der Waals surface area contributed by atoms with Crippen molar-refractivity contribution in [1.29, 1.82) is 5.26 Å². The van der Waals surface area contributed by atoms with Crippen LogP contribution in [0.3, 0.4) is 0 Å². The molecule has 0 radical (unpaired) electrons. The average Bonchev–Trinajstić information content (AvgIpc) is 2.34. The largest absolute Gasteiger partial charge is 0.424 e. The lowest BCUT2D eigenvalue weighted by Gasteiger charge is -2.05. The molecule has 4 nitrogen and oxygen atoms in total. The molecule has 0 atom stereocenters. The molecular weight excluding hydrogens is 282 g/mol. The van der Waals surface area contributed by atoms with Crippen molar-refractivity contribution in [2.75, 3.05) is 0 Å². The molecule has 0 aliphatic heterocycles. The zero-order chi connectivity index (χ0) is 12.3. The summed E-state index contributed by atoms with van der Waals surface area (Å²) >= 11 is 3.41. The van der Waals surface area contributed by atoms with Crippen LogP contribution in [0, 0.1) is 18.3 Å². The standard InChI is InChI=1S/C12H8BrN3O/c1-8-6-10(2-3-11(8)13)17-12-15-5-4-9(7-14)16-12/h2-6H,1H3. The minimum Gasteiger partial charge on any atom is -0.424 e. The van der Waals surface area contributed by atoms with E-state index in [0.717, 1.165) is 10.0 Å². The van der Waals surface area contributed by atoms with Gasteiger partial charge in [-0.3, -0.25) is 0 Å². The summed E-state index contributed by atoms with van der Waals surface area (Å²) in [5.41, 5.74) is 1.34. The summed E-state index contributed by atoms with van der Waals surface area (Å²) in [6.45, 7) is 1.96. The van der Waals surface area contributed by atoms with Crippen LogP contribution in [-0.2, 0) is 0 Å². The molecule has 1 aromatic carbocycles. The van der Waals surface area contributed by atoms with Gasteiger partial charge in [-0.05, 0) is 36.8 Å². The molecule has 1 heterocycles. The fraction of sp³-hybridized carbons (Fsp3) is 0.0833. The maximum atomic E-state index is 8.71. The second kappa shape index (κ2) is 4.93. The lowest BCUT2D eigenvalue weighted by Crippen LogP contribution is -1.93. The summed E-state index contributed by atoms with van der Waals surface area (Å²) in [4.78, 5) is 7.87. The molecule has 0 amide bonds. The second-order valence-corrected chi connectivity index (χ2v) is 4.20. The third kappa shape index (κ3) is 2.80. The summed E-state index contributed by atoms with van der Waals surface area (Å²) in [6, 6.07) is 9.19. The molecule has 0 fully saturated rings. The molecule has 1 aromatic heterocycles. The molecule has 0 N–H and O–H groups in total. The zero-order valence-electron chi connectivity index (χ0n) is 9.01. The number of hydrogen-bond acceptors (Lipinski definition) is 4. The van der Waals surface area contributed by atoms with E-state index in [1.165, 1.54) is 12.3 Å². The molecule has 2 rings (SSSR count). The highest BCUT2D eigenvalue weighted by Gasteiger charge is 2.03. The van der Waals surface area contributed by atoms with Crippen molar-refractivity contribution in [2.45, 2.75) is 6.92 Å². The quantitative estimate of drug-likeness (QED) is 0.852. The Labute approximate surface area is 107 Å². The van der Waals surface area contributed by atoms with Gasteiger partial charge in [-0.2, -0.15) is 10.2 Å². The Hall–Kier alpha value is -1.93. The smallest absolute Gasteiger partial charge is 0.323 e. The van der Waals surface area contributed by atoms with Gasteiger partial charge in [0.2, 0.25) is 0 Å². The van der Waals surface area contributed by atoms with E-state index >= 15 is 0 Å². The first kappa shape index (κ1) is 11.6. The van der Waals surface area contributed by atoms with Gasteiger partial charge >= 0.3 is 6.01 Å². The summed E-state index contributed by atoms with van der Waals surface area (Å²) in [5, 5.41) is 8.71. The van der Waals surface area contributed by atoms with E-state index in [1.54, 1.807) is 6.07 Å². The van der Waals surface area contributed by atoms with Crippen LogP contribution in [0.2, 0.25) is 0 Å². The highest BCUT2D eigenvalue weighted by molar-refractivity contribution is 9.10. The van der Waals surface area contributed by atoms with Gasteiger partial charge in [-0.15, -0.1) is 0 Å². The monoisotopic (exact) mass is 289 g/mol. The predicted molar refractivity (Wildman–Crippen MR) is 65.7 cm³/mol. The van der Waals surface area contributed by atoms with E-state index in [0.29, 0.717) is 5.75 Å². The van der Waals surface area contributed by atoms with Gasteiger partial charge < -0.3 is 4.74 Å². The Morgan fingerprint density at radius 1 is 1.35 bits per heavy atom. The first-order chi connectivity index (χ1) is 8.19. The van der Waals surface area contributed by atoms with E-state index in [9.17, 15) is 0 Å². The van der Waals surface area contributed by atoms with E-state index < -0.39 is 0 Å². The fourth-order valence-corrected chi connectivity index (χ4v) is 1.48. The Bertz CT molecular complexity index is 593. The van der Waals surface area contributed by atoms with Crippen LogP contribution in [0.15, 0.2) is 34.9 Å². The number of benzene rings is 1. The predicted octanol–water partition coefficient (Wildman–Crippen LogP) is 3.21. The lowest BCUT2D eigenvalue weighted by molar-refractivity contribution is 0.441. The average molecular weight is 290 g/mol. The Kier molecular flexibility index (Phi) is 3.35. The van der Waals surface area contributed by atoms with Crippen molar-refractivity contribution in [3.05, 3.63) is 46.2 Å². The van der Waals surface area contributed by atoms with Crippen molar-refractivity contribution >= 4 is 15.9 Å². The van der Waals surface area contributed by atoms with Crippen LogP contribution < -0.4 is 4.74 Å². The van der Waals surface area contributed by atoms with Gasteiger partial charge in [0.1, 0.15) is 17.5 Å². The van der Waals surface area contributed by atoms with Crippen LogP contribution in [-0.4, -0.2) is 9.97 Å². The van der Waals surface area contributed by atoms with E-state index in [2.05, 4.69) is 25.9 Å². The van der Waals surface area contributed by atoms with E-state index in [-0.39, 0.29) is 11.7 Å². The first-order valence-corrected chi connectivity index (χ1v) is 5.65. The van der Waals surface area contributed by atoms with Crippen LogP contribution in [0.25, 0.3) is 0 Å². The summed E-state index contributed by atoms with van der Waals surface area (Å²) < 4.78 is 6.47. The van der Waals surface area contributed by atoms with Crippen molar-refractivity contribution in [3.63, 3.8) is 0 Å². The third-order valence-corrected chi connectivity index (χ3v) is 2.98. The van der Waals surface area contributed by atoms with Crippen molar-refractivity contribution < 1.29 is 4.74 Å². The van der Waals surface area contributed by atoms with Crippen LogP contribution >= 0.6 is 15.9 Å². The molecule has 0 spiro atoms. The van der Waals surface area contributed by atoms with Crippen LogP contribution in [0.5, 0.6) is 11.8 Å². The number of ether oxygens (including phenoxy) is 1. The number of aryl methyl sites for hydroxylation is 1. The maximum absolute atomic E-state index is 8.71. The fourth-order valence-electron chi connectivity index (χ4n) is 1.24. The molecule has 0 saturated heterocycles. The van der Waals surface area contributed by atoms with Gasteiger partial charge in [0.05, 0.1) is 0 Å². The van der Waals surface area contributed by atoms with Gasteiger partial charge in [-0.1, -0.05) is 15.9 Å². The SMILES string of the molecule is Cc1cc(Oc2nccc(C#N)n2)ccc1Br. The van der Waals surface area contributed by atoms with E-state index in [1.807, 2.05) is 25.1 Å². The molecule has 17 heavy (non-hydrogen) atoms. The number of rotatable bonds is 2. The highest BCUT2D eigenvalue weighted by atomic mass is 79.9. The molecule has 84 valence electrons. The number of aromatic nitrogens is 2.